The number of benzene rings is 2. The first kappa shape index (κ1) is 13.8. The Labute approximate surface area is 129 Å². The normalized spacial score (nSPS) is 10.8. The van der Waals surface area contributed by atoms with Crippen molar-refractivity contribution >= 4 is 38.4 Å². The molecule has 21 heavy (non-hydrogen) atoms. The van der Waals surface area contributed by atoms with E-state index in [1.54, 1.807) is 12.3 Å². The second-order valence-electron chi connectivity index (χ2n) is 4.81. The molecule has 3 nitrogen and oxygen atoms in total. The van der Waals surface area contributed by atoms with Crippen LogP contribution in [0.2, 0.25) is 0 Å². The van der Waals surface area contributed by atoms with Crippen LogP contribution in [-0.4, -0.2) is 10.9 Å². The SMILES string of the molecule is Cc1cc(NC(=O)c2c[nH]c3ccc(F)cc23)ccc1Br. The van der Waals surface area contributed by atoms with Crippen LogP contribution in [0, 0.1) is 12.7 Å². The zero-order chi connectivity index (χ0) is 15.0. The molecule has 0 saturated carbocycles. The van der Waals surface area contributed by atoms with E-state index in [4.69, 9.17) is 0 Å². The van der Waals surface area contributed by atoms with Gasteiger partial charge in [-0.05, 0) is 48.9 Å². The molecule has 0 saturated heterocycles. The fraction of sp³-hybridized carbons (Fsp3) is 0.0625. The Bertz CT molecular complexity index is 841. The zero-order valence-corrected chi connectivity index (χ0v) is 12.8. The molecule has 1 amide bonds. The molecule has 106 valence electrons. The Hall–Kier alpha value is -2.14. The van der Waals surface area contributed by atoms with Gasteiger partial charge in [0.05, 0.1) is 5.56 Å². The maximum absolute atomic E-state index is 13.3. The van der Waals surface area contributed by atoms with Gasteiger partial charge in [0, 0.05) is 27.3 Å². The summed E-state index contributed by atoms with van der Waals surface area (Å²) in [6, 6.07) is 9.89. The van der Waals surface area contributed by atoms with Gasteiger partial charge in [0.2, 0.25) is 0 Å². The highest BCUT2D eigenvalue weighted by Gasteiger charge is 2.13. The van der Waals surface area contributed by atoms with Gasteiger partial charge in [0.25, 0.3) is 5.91 Å². The molecule has 0 fully saturated rings. The van der Waals surface area contributed by atoms with Gasteiger partial charge in [0.15, 0.2) is 0 Å². The standard InChI is InChI=1S/C16H12BrFN2O/c1-9-6-11(3-4-14(9)17)20-16(21)13-8-19-15-5-2-10(18)7-12(13)15/h2-8,19H,1H3,(H,20,21). The van der Waals surface area contributed by atoms with Crippen LogP contribution in [-0.2, 0) is 0 Å². The van der Waals surface area contributed by atoms with Crippen LogP contribution in [0.4, 0.5) is 10.1 Å². The maximum Gasteiger partial charge on any atom is 0.257 e. The minimum Gasteiger partial charge on any atom is -0.360 e. The van der Waals surface area contributed by atoms with Crippen LogP contribution in [0.3, 0.4) is 0 Å². The number of amides is 1. The van der Waals surface area contributed by atoms with Crippen LogP contribution in [0.15, 0.2) is 47.1 Å². The van der Waals surface area contributed by atoms with Crippen molar-refractivity contribution in [2.24, 2.45) is 0 Å². The smallest absolute Gasteiger partial charge is 0.257 e. The number of carbonyl (C=O) groups excluding carboxylic acids is 1. The predicted octanol–water partition coefficient (Wildman–Crippen LogP) is 4.63. The predicted molar refractivity (Wildman–Crippen MR) is 85.1 cm³/mol. The quantitative estimate of drug-likeness (QED) is 0.698. The first-order valence-corrected chi connectivity index (χ1v) is 7.18. The molecule has 0 aliphatic heterocycles. The largest absolute Gasteiger partial charge is 0.360 e. The second kappa shape index (κ2) is 5.33. The molecule has 0 spiro atoms. The molecule has 2 N–H and O–H groups in total. The number of aromatic amines is 1. The van der Waals surface area contributed by atoms with Gasteiger partial charge < -0.3 is 10.3 Å². The van der Waals surface area contributed by atoms with E-state index in [9.17, 15) is 9.18 Å². The average molecular weight is 347 g/mol. The van der Waals surface area contributed by atoms with E-state index >= 15 is 0 Å². The molecule has 3 rings (SSSR count). The summed E-state index contributed by atoms with van der Waals surface area (Å²) < 4.78 is 14.3. The fourth-order valence-electron chi connectivity index (χ4n) is 2.20. The summed E-state index contributed by atoms with van der Waals surface area (Å²) in [5.41, 5.74) is 2.88. The van der Waals surface area contributed by atoms with Gasteiger partial charge in [-0.1, -0.05) is 15.9 Å². The number of nitrogens with one attached hydrogen (secondary N) is 2. The van der Waals surface area contributed by atoms with E-state index in [1.165, 1.54) is 12.1 Å². The molecule has 5 heteroatoms. The van der Waals surface area contributed by atoms with Crippen molar-refractivity contribution in [3.05, 3.63) is 64.0 Å². The van der Waals surface area contributed by atoms with Crippen molar-refractivity contribution < 1.29 is 9.18 Å². The topological polar surface area (TPSA) is 44.9 Å². The van der Waals surface area contributed by atoms with Gasteiger partial charge in [-0.15, -0.1) is 0 Å². The molecule has 0 bridgehead atoms. The lowest BCUT2D eigenvalue weighted by Crippen LogP contribution is -2.11. The summed E-state index contributed by atoms with van der Waals surface area (Å²) in [5.74, 6) is -0.635. The minimum absolute atomic E-state index is 0.270. The molecule has 3 aromatic rings. The van der Waals surface area contributed by atoms with Crippen molar-refractivity contribution in [3.8, 4) is 0 Å². The molecule has 0 aliphatic carbocycles. The molecular weight excluding hydrogens is 335 g/mol. The number of halogens is 2. The van der Waals surface area contributed by atoms with Gasteiger partial charge in [0.1, 0.15) is 5.82 Å². The van der Waals surface area contributed by atoms with E-state index < -0.39 is 0 Å². The maximum atomic E-state index is 13.3. The third kappa shape index (κ3) is 2.69. The molecule has 1 heterocycles. The highest BCUT2D eigenvalue weighted by atomic mass is 79.9. The number of fused-ring (bicyclic) bond motifs is 1. The summed E-state index contributed by atoms with van der Waals surface area (Å²) in [4.78, 5) is 15.3. The molecule has 0 radical (unpaired) electrons. The Balaban J connectivity index is 1.93. The number of hydrogen-bond donors (Lipinski definition) is 2. The Morgan fingerprint density at radius 3 is 2.81 bits per heavy atom. The number of anilines is 1. The van der Waals surface area contributed by atoms with Crippen LogP contribution < -0.4 is 5.32 Å². The fourth-order valence-corrected chi connectivity index (χ4v) is 2.45. The van der Waals surface area contributed by atoms with Crippen LogP contribution in [0.1, 0.15) is 15.9 Å². The third-order valence-electron chi connectivity index (χ3n) is 3.30. The first-order chi connectivity index (χ1) is 10.0. The Kier molecular flexibility index (Phi) is 3.51. The van der Waals surface area contributed by atoms with Crippen molar-refractivity contribution in [2.75, 3.05) is 5.32 Å². The molecule has 0 unspecified atom stereocenters. The van der Waals surface area contributed by atoms with Crippen molar-refractivity contribution in [2.45, 2.75) is 6.92 Å². The molecule has 1 aromatic heterocycles. The van der Waals surface area contributed by atoms with Crippen LogP contribution in [0.25, 0.3) is 10.9 Å². The van der Waals surface area contributed by atoms with Crippen molar-refractivity contribution in [3.63, 3.8) is 0 Å². The molecule has 2 aromatic carbocycles. The minimum atomic E-state index is -0.365. The molecule has 0 atom stereocenters. The van der Waals surface area contributed by atoms with Gasteiger partial charge in [-0.3, -0.25) is 4.79 Å². The van der Waals surface area contributed by atoms with Gasteiger partial charge in [-0.25, -0.2) is 4.39 Å². The highest BCUT2D eigenvalue weighted by Crippen LogP contribution is 2.23. The van der Waals surface area contributed by atoms with E-state index in [0.717, 1.165) is 15.6 Å². The van der Waals surface area contributed by atoms with E-state index in [0.29, 0.717) is 16.6 Å². The van der Waals surface area contributed by atoms with Gasteiger partial charge in [-0.2, -0.15) is 0 Å². The van der Waals surface area contributed by atoms with E-state index in [2.05, 4.69) is 26.2 Å². The van der Waals surface area contributed by atoms with Crippen LogP contribution >= 0.6 is 15.9 Å². The van der Waals surface area contributed by atoms with Crippen molar-refractivity contribution in [1.82, 2.24) is 4.98 Å². The number of H-pyrrole nitrogens is 1. The van der Waals surface area contributed by atoms with E-state index in [1.807, 2.05) is 25.1 Å². The van der Waals surface area contributed by atoms with Crippen molar-refractivity contribution in [1.29, 1.82) is 0 Å². The number of aryl methyl sites for hydroxylation is 1. The summed E-state index contributed by atoms with van der Waals surface area (Å²) in [6.07, 6.45) is 1.59. The average Bonchev–Trinajstić information content (AvgIpc) is 2.86. The summed E-state index contributed by atoms with van der Waals surface area (Å²) >= 11 is 3.42. The number of hydrogen-bond acceptors (Lipinski definition) is 1. The molecular formula is C16H12BrFN2O. The number of carbonyl (C=O) groups is 1. The zero-order valence-electron chi connectivity index (χ0n) is 11.2. The second-order valence-corrected chi connectivity index (χ2v) is 5.66. The molecule has 0 aliphatic rings. The summed E-state index contributed by atoms with van der Waals surface area (Å²) in [7, 11) is 0. The third-order valence-corrected chi connectivity index (χ3v) is 4.19. The summed E-state index contributed by atoms with van der Waals surface area (Å²) in [5, 5.41) is 3.39. The van der Waals surface area contributed by atoms with Gasteiger partial charge >= 0.3 is 0 Å². The highest BCUT2D eigenvalue weighted by molar-refractivity contribution is 9.10. The lowest BCUT2D eigenvalue weighted by Gasteiger charge is -2.06. The lowest BCUT2D eigenvalue weighted by atomic mass is 10.1. The monoisotopic (exact) mass is 346 g/mol. The van der Waals surface area contributed by atoms with Crippen LogP contribution in [0.5, 0.6) is 0 Å². The first-order valence-electron chi connectivity index (χ1n) is 6.39. The lowest BCUT2D eigenvalue weighted by molar-refractivity contribution is 0.102. The Morgan fingerprint density at radius 2 is 2.05 bits per heavy atom. The summed E-state index contributed by atoms with van der Waals surface area (Å²) in [6.45, 7) is 1.95. The van der Waals surface area contributed by atoms with E-state index in [-0.39, 0.29) is 11.7 Å². The number of rotatable bonds is 2. The Morgan fingerprint density at radius 1 is 1.24 bits per heavy atom. The number of aromatic nitrogens is 1.